The van der Waals surface area contributed by atoms with Crippen LogP contribution in [0.2, 0.25) is 5.02 Å². The van der Waals surface area contributed by atoms with Gasteiger partial charge in [0, 0.05) is 29.1 Å². The molecule has 0 aliphatic carbocycles. The number of hydrogen-bond donors (Lipinski definition) is 1. The molecule has 0 aliphatic heterocycles. The number of rotatable bonds is 6. The highest BCUT2D eigenvalue weighted by molar-refractivity contribution is 6.33. The van der Waals surface area contributed by atoms with Gasteiger partial charge in [0.1, 0.15) is 5.75 Å². The van der Waals surface area contributed by atoms with Crippen molar-refractivity contribution in [2.75, 3.05) is 26.6 Å². The van der Waals surface area contributed by atoms with Crippen molar-refractivity contribution in [3.63, 3.8) is 0 Å². The highest BCUT2D eigenvalue weighted by atomic mass is 35.5. The van der Waals surface area contributed by atoms with Crippen LogP contribution < -0.4 is 19.5 Å². The molecule has 7 heteroatoms. The van der Waals surface area contributed by atoms with Gasteiger partial charge < -0.3 is 19.5 Å². The fraction of sp³-hybridized carbons (Fsp3) is 0.143. The molecule has 28 heavy (non-hydrogen) atoms. The second-order valence-corrected chi connectivity index (χ2v) is 6.18. The van der Waals surface area contributed by atoms with E-state index in [4.69, 9.17) is 25.8 Å². The van der Waals surface area contributed by atoms with Gasteiger partial charge in [0.15, 0.2) is 11.5 Å². The van der Waals surface area contributed by atoms with E-state index < -0.39 is 0 Å². The van der Waals surface area contributed by atoms with Gasteiger partial charge in [0.2, 0.25) is 0 Å². The Bertz CT molecular complexity index is 1010. The van der Waals surface area contributed by atoms with Crippen LogP contribution in [0.1, 0.15) is 10.4 Å². The second-order valence-electron chi connectivity index (χ2n) is 5.77. The van der Waals surface area contributed by atoms with Gasteiger partial charge in [-0.3, -0.25) is 9.78 Å². The molecule has 0 saturated carbocycles. The summed E-state index contributed by atoms with van der Waals surface area (Å²) in [6, 6.07) is 13.8. The van der Waals surface area contributed by atoms with Gasteiger partial charge in [0.25, 0.3) is 5.91 Å². The summed E-state index contributed by atoms with van der Waals surface area (Å²) < 4.78 is 15.9. The van der Waals surface area contributed by atoms with Crippen molar-refractivity contribution in [1.82, 2.24) is 4.98 Å². The second kappa shape index (κ2) is 8.63. The van der Waals surface area contributed by atoms with Crippen LogP contribution in [0.5, 0.6) is 17.2 Å². The molecule has 3 rings (SSSR count). The fourth-order valence-electron chi connectivity index (χ4n) is 2.73. The van der Waals surface area contributed by atoms with Crippen molar-refractivity contribution < 1.29 is 19.0 Å². The molecule has 2 aromatic carbocycles. The average molecular weight is 399 g/mol. The fourth-order valence-corrected chi connectivity index (χ4v) is 2.95. The van der Waals surface area contributed by atoms with Gasteiger partial charge in [-0.05, 0) is 42.5 Å². The van der Waals surface area contributed by atoms with Crippen molar-refractivity contribution in [1.29, 1.82) is 0 Å². The lowest BCUT2D eigenvalue weighted by molar-refractivity contribution is 0.102. The molecule has 1 amide bonds. The third-order valence-electron chi connectivity index (χ3n) is 4.12. The molecular weight excluding hydrogens is 380 g/mol. The first kappa shape index (κ1) is 19.5. The van der Waals surface area contributed by atoms with E-state index in [-0.39, 0.29) is 5.91 Å². The summed E-state index contributed by atoms with van der Waals surface area (Å²) in [7, 11) is 4.62. The highest BCUT2D eigenvalue weighted by Crippen LogP contribution is 2.34. The maximum Gasteiger partial charge on any atom is 0.255 e. The summed E-state index contributed by atoms with van der Waals surface area (Å²) in [5.74, 6) is 1.32. The summed E-state index contributed by atoms with van der Waals surface area (Å²) in [6.45, 7) is 0. The number of halogens is 1. The van der Waals surface area contributed by atoms with Crippen molar-refractivity contribution in [3.05, 3.63) is 65.3 Å². The zero-order chi connectivity index (χ0) is 20.1. The number of carbonyl (C=O) groups excluding carboxylic acids is 1. The maximum absolute atomic E-state index is 12.7. The standard InChI is InChI=1S/C21H19ClN2O4/c1-26-17-9-7-14(12-19(17)28-3)24-21(25)13-6-8-15(18(11-13)27-2)20-16(22)5-4-10-23-20/h4-12H,1-3H3,(H,24,25). The summed E-state index contributed by atoms with van der Waals surface area (Å²) in [5.41, 5.74) is 2.31. The topological polar surface area (TPSA) is 69.7 Å². The molecule has 1 heterocycles. The van der Waals surface area contributed by atoms with Gasteiger partial charge in [-0.1, -0.05) is 11.6 Å². The molecule has 0 unspecified atom stereocenters. The van der Waals surface area contributed by atoms with E-state index in [9.17, 15) is 4.79 Å². The number of ether oxygens (including phenoxy) is 3. The van der Waals surface area contributed by atoms with Crippen LogP contribution >= 0.6 is 11.6 Å². The largest absolute Gasteiger partial charge is 0.496 e. The Balaban J connectivity index is 1.88. The molecule has 0 radical (unpaired) electrons. The van der Waals surface area contributed by atoms with E-state index in [1.54, 1.807) is 61.8 Å². The number of nitrogens with one attached hydrogen (secondary N) is 1. The molecule has 0 fully saturated rings. The van der Waals surface area contributed by atoms with E-state index in [0.717, 1.165) is 0 Å². The zero-order valence-corrected chi connectivity index (χ0v) is 16.4. The molecule has 0 spiro atoms. The molecule has 0 saturated heterocycles. The van der Waals surface area contributed by atoms with Crippen LogP contribution in [0.3, 0.4) is 0 Å². The van der Waals surface area contributed by atoms with Crippen LogP contribution in [0.25, 0.3) is 11.3 Å². The first-order valence-electron chi connectivity index (χ1n) is 8.39. The molecule has 6 nitrogen and oxygen atoms in total. The number of methoxy groups -OCH3 is 3. The van der Waals surface area contributed by atoms with Crippen LogP contribution in [0.4, 0.5) is 5.69 Å². The van der Waals surface area contributed by atoms with Crippen molar-refractivity contribution in [2.24, 2.45) is 0 Å². The molecular formula is C21H19ClN2O4. The summed E-state index contributed by atoms with van der Waals surface area (Å²) in [5, 5.41) is 3.34. The molecule has 144 valence electrons. The average Bonchev–Trinajstić information content (AvgIpc) is 2.73. The SMILES string of the molecule is COc1ccc(NC(=O)c2ccc(-c3ncccc3Cl)c(OC)c2)cc1OC. The number of hydrogen-bond acceptors (Lipinski definition) is 5. The molecule has 3 aromatic rings. The highest BCUT2D eigenvalue weighted by Gasteiger charge is 2.15. The number of amides is 1. The Morgan fingerprint density at radius 1 is 0.929 bits per heavy atom. The lowest BCUT2D eigenvalue weighted by atomic mass is 10.1. The number of pyridine rings is 1. The van der Waals surface area contributed by atoms with Crippen LogP contribution in [0, 0.1) is 0 Å². The molecule has 1 aromatic heterocycles. The Morgan fingerprint density at radius 3 is 2.36 bits per heavy atom. The molecule has 0 aliphatic rings. The summed E-state index contributed by atoms with van der Waals surface area (Å²) in [4.78, 5) is 17.0. The van der Waals surface area contributed by atoms with Crippen LogP contribution in [-0.2, 0) is 0 Å². The summed E-state index contributed by atoms with van der Waals surface area (Å²) >= 11 is 6.23. The van der Waals surface area contributed by atoms with E-state index in [1.807, 2.05) is 0 Å². The minimum atomic E-state index is -0.288. The normalized spacial score (nSPS) is 10.3. The quantitative estimate of drug-likeness (QED) is 0.652. The van der Waals surface area contributed by atoms with Crippen molar-refractivity contribution in [3.8, 4) is 28.5 Å². The predicted octanol–water partition coefficient (Wildman–Crippen LogP) is 4.68. The number of aromatic nitrogens is 1. The monoisotopic (exact) mass is 398 g/mol. The number of benzene rings is 2. The third-order valence-corrected chi connectivity index (χ3v) is 4.42. The van der Waals surface area contributed by atoms with Crippen LogP contribution in [0.15, 0.2) is 54.7 Å². The minimum absolute atomic E-state index is 0.288. The Hall–Kier alpha value is -3.25. The Morgan fingerprint density at radius 2 is 1.68 bits per heavy atom. The van der Waals surface area contributed by atoms with Gasteiger partial charge in [-0.25, -0.2) is 0 Å². The van der Waals surface area contributed by atoms with E-state index in [1.165, 1.54) is 14.2 Å². The molecule has 0 atom stereocenters. The smallest absolute Gasteiger partial charge is 0.255 e. The van der Waals surface area contributed by atoms with Gasteiger partial charge >= 0.3 is 0 Å². The van der Waals surface area contributed by atoms with Gasteiger partial charge in [0.05, 0.1) is 32.0 Å². The van der Waals surface area contributed by atoms with Gasteiger partial charge in [-0.15, -0.1) is 0 Å². The summed E-state index contributed by atoms with van der Waals surface area (Å²) in [6.07, 6.45) is 1.65. The van der Waals surface area contributed by atoms with Crippen molar-refractivity contribution >= 4 is 23.2 Å². The number of anilines is 1. The van der Waals surface area contributed by atoms with Gasteiger partial charge in [-0.2, -0.15) is 0 Å². The molecule has 1 N–H and O–H groups in total. The Labute approximate surface area is 168 Å². The van der Waals surface area contributed by atoms with Crippen molar-refractivity contribution in [2.45, 2.75) is 0 Å². The number of nitrogens with zero attached hydrogens (tertiary/aromatic N) is 1. The van der Waals surface area contributed by atoms with E-state index in [2.05, 4.69) is 10.3 Å². The first-order chi connectivity index (χ1) is 13.6. The minimum Gasteiger partial charge on any atom is -0.496 e. The predicted molar refractivity (Wildman–Crippen MR) is 109 cm³/mol. The Kier molecular flexibility index (Phi) is 6.01. The number of carbonyl (C=O) groups is 1. The third kappa shape index (κ3) is 4.02. The maximum atomic E-state index is 12.7. The molecule has 0 bridgehead atoms. The lowest BCUT2D eigenvalue weighted by Gasteiger charge is -2.13. The van der Waals surface area contributed by atoms with E-state index in [0.29, 0.717) is 44.8 Å². The lowest BCUT2D eigenvalue weighted by Crippen LogP contribution is -2.12. The van der Waals surface area contributed by atoms with Crippen LogP contribution in [-0.4, -0.2) is 32.2 Å². The zero-order valence-electron chi connectivity index (χ0n) is 15.7. The first-order valence-corrected chi connectivity index (χ1v) is 8.77. The van der Waals surface area contributed by atoms with E-state index >= 15 is 0 Å².